The Morgan fingerprint density at radius 1 is 1.50 bits per heavy atom. The second kappa shape index (κ2) is 7.14. The molecule has 0 bridgehead atoms. The van der Waals surface area contributed by atoms with E-state index in [4.69, 9.17) is 11.5 Å². The van der Waals surface area contributed by atoms with E-state index in [9.17, 15) is 14.0 Å². The monoisotopic (exact) mass is 278 g/mol. The number of carboxylic acid groups (broad SMARTS) is 1. The van der Waals surface area contributed by atoms with Gasteiger partial charge in [0, 0.05) is 12.5 Å². The molecule has 1 rings (SSSR count). The first kappa shape index (κ1) is 15.5. The van der Waals surface area contributed by atoms with E-state index in [-0.39, 0.29) is 17.3 Å². The molecule has 0 radical (unpaired) electrons. The van der Waals surface area contributed by atoms with E-state index in [1.165, 1.54) is 0 Å². The quantitative estimate of drug-likeness (QED) is 0.724. The fraction of sp³-hybridized carbons (Fsp3) is 0.286. The fourth-order valence-corrected chi connectivity index (χ4v) is 1.54. The first-order valence-corrected chi connectivity index (χ1v) is 6.01. The highest BCUT2D eigenvalue weighted by Gasteiger charge is 2.13. The second-order valence-electron chi connectivity index (χ2n) is 4.11. The zero-order chi connectivity index (χ0) is 15.1. The van der Waals surface area contributed by atoms with Crippen LogP contribution in [0.2, 0.25) is 0 Å². The van der Waals surface area contributed by atoms with Crippen LogP contribution in [0.4, 0.5) is 14.9 Å². The second-order valence-corrected chi connectivity index (χ2v) is 4.11. The van der Waals surface area contributed by atoms with Crippen LogP contribution in [-0.4, -0.2) is 23.1 Å². The molecule has 0 saturated heterocycles. The summed E-state index contributed by atoms with van der Waals surface area (Å²) in [4.78, 5) is 22.5. The molecule has 0 aliphatic heterocycles. The van der Waals surface area contributed by atoms with Crippen LogP contribution in [0.25, 0.3) is 0 Å². The minimum Gasteiger partial charge on any atom is -0.478 e. The summed E-state index contributed by atoms with van der Waals surface area (Å²) < 4.78 is 13.5. The predicted molar refractivity (Wildman–Crippen MR) is 73.0 cm³/mol. The zero-order valence-corrected chi connectivity index (χ0v) is 10.9. The number of terminal acetylenes is 1. The number of carboxylic acids is 1. The Balaban J connectivity index is 2.77. The van der Waals surface area contributed by atoms with E-state index in [2.05, 4.69) is 16.6 Å². The first-order chi connectivity index (χ1) is 9.47. The molecule has 1 aromatic rings. The van der Waals surface area contributed by atoms with E-state index >= 15 is 0 Å². The number of hydrogen-bond donors (Lipinski definition) is 3. The number of benzene rings is 1. The third-order valence-corrected chi connectivity index (χ3v) is 2.65. The third kappa shape index (κ3) is 4.28. The fourth-order valence-electron chi connectivity index (χ4n) is 1.54. The topological polar surface area (TPSA) is 78.4 Å². The molecule has 20 heavy (non-hydrogen) atoms. The Hall–Kier alpha value is -2.55. The van der Waals surface area contributed by atoms with Crippen molar-refractivity contribution in [2.75, 3.05) is 5.32 Å². The summed E-state index contributed by atoms with van der Waals surface area (Å²) in [6, 6.07) is 2.31. The van der Waals surface area contributed by atoms with Crippen LogP contribution in [0.1, 0.15) is 30.1 Å². The number of aromatic carboxylic acids is 1. The van der Waals surface area contributed by atoms with Crippen molar-refractivity contribution < 1.29 is 19.1 Å². The molecule has 106 valence electrons. The maximum Gasteiger partial charge on any atom is 0.335 e. The Labute approximate surface area is 116 Å². The molecular formula is C14H15FN2O3. The van der Waals surface area contributed by atoms with Gasteiger partial charge in [0.1, 0.15) is 5.82 Å². The molecule has 0 aliphatic carbocycles. The smallest absolute Gasteiger partial charge is 0.335 e. The molecule has 0 aromatic heterocycles. The van der Waals surface area contributed by atoms with Crippen LogP contribution in [-0.2, 0) is 0 Å². The summed E-state index contributed by atoms with van der Waals surface area (Å²) >= 11 is 0. The van der Waals surface area contributed by atoms with Gasteiger partial charge in [-0.1, -0.05) is 6.92 Å². The molecule has 2 amide bonds. The lowest BCUT2D eigenvalue weighted by Gasteiger charge is -2.15. The van der Waals surface area contributed by atoms with Gasteiger partial charge in [-0.05, 0) is 24.6 Å². The molecule has 5 nitrogen and oxygen atoms in total. The summed E-state index contributed by atoms with van der Waals surface area (Å²) in [5, 5.41) is 13.7. The van der Waals surface area contributed by atoms with E-state index in [1.54, 1.807) is 0 Å². The van der Waals surface area contributed by atoms with Crippen molar-refractivity contribution in [3.8, 4) is 12.3 Å². The van der Waals surface area contributed by atoms with Gasteiger partial charge in [0.2, 0.25) is 0 Å². The summed E-state index contributed by atoms with van der Waals surface area (Å²) in [5.74, 6) is 0.515. The summed E-state index contributed by atoms with van der Waals surface area (Å²) in [7, 11) is 0. The minimum absolute atomic E-state index is 0.114. The van der Waals surface area contributed by atoms with E-state index in [1.807, 2.05) is 6.92 Å². The average Bonchev–Trinajstić information content (AvgIpc) is 2.40. The molecule has 3 N–H and O–H groups in total. The molecule has 0 saturated carbocycles. The standard InChI is InChI=1S/C14H15FN2O3/c1-3-5-10(4-2)16-14(20)17-12-8-9(13(18)19)6-7-11(12)15/h1,6-8,10H,4-5H2,2H3,(H,18,19)(H2,16,17,20). The van der Waals surface area contributed by atoms with Gasteiger partial charge >= 0.3 is 12.0 Å². The van der Waals surface area contributed by atoms with Gasteiger partial charge in [0.25, 0.3) is 0 Å². The highest BCUT2D eigenvalue weighted by molar-refractivity contribution is 5.93. The molecule has 0 aliphatic rings. The number of carbonyl (C=O) groups excluding carboxylic acids is 1. The number of anilines is 1. The Bertz CT molecular complexity index is 552. The molecule has 1 atom stereocenters. The Morgan fingerprint density at radius 3 is 2.75 bits per heavy atom. The summed E-state index contributed by atoms with van der Waals surface area (Å²) in [6.07, 6.45) is 6.16. The van der Waals surface area contributed by atoms with Crippen molar-refractivity contribution in [1.82, 2.24) is 5.32 Å². The van der Waals surface area contributed by atoms with Gasteiger partial charge in [0.05, 0.1) is 11.3 Å². The van der Waals surface area contributed by atoms with Crippen molar-refractivity contribution >= 4 is 17.7 Å². The number of urea groups is 1. The maximum absolute atomic E-state index is 13.5. The lowest BCUT2D eigenvalue weighted by atomic mass is 10.1. The van der Waals surface area contributed by atoms with Gasteiger partial charge in [0.15, 0.2) is 0 Å². The largest absolute Gasteiger partial charge is 0.478 e. The molecule has 0 fully saturated rings. The van der Waals surface area contributed by atoms with Gasteiger partial charge in [-0.25, -0.2) is 14.0 Å². The number of carbonyl (C=O) groups is 2. The van der Waals surface area contributed by atoms with Crippen molar-refractivity contribution in [3.05, 3.63) is 29.6 Å². The number of halogens is 1. The highest BCUT2D eigenvalue weighted by Crippen LogP contribution is 2.16. The Morgan fingerprint density at radius 2 is 2.20 bits per heavy atom. The van der Waals surface area contributed by atoms with Gasteiger partial charge in [-0.2, -0.15) is 0 Å². The van der Waals surface area contributed by atoms with E-state index in [0.29, 0.717) is 12.8 Å². The maximum atomic E-state index is 13.5. The summed E-state index contributed by atoms with van der Waals surface area (Å²) in [5.41, 5.74) is -0.310. The average molecular weight is 278 g/mol. The lowest BCUT2D eigenvalue weighted by Crippen LogP contribution is -2.37. The third-order valence-electron chi connectivity index (χ3n) is 2.65. The normalized spacial score (nSPS) is 11.2. The zero-order valence-electron chi connectivity index (χ0n) is 10.9. The van der Waals surface area contributed by atoms with Gasteiger partial charge in [-0.15, -0.1) is 12.3 Å². The van der Waals surface area contributed by atoms with Crippen molar-refractivity contribution in [2.45, 2.75) is 25.8 Å². The number of rotatable bonds is 5. The van der Waals surface area contributed by atoms with E-state index < -0.39 is 17.8 Å². The molecule has 0 heterocycles. The predicted octanol–water partition coefficient (Wildman–Crippen LogP) is 2.45. The van der Waals surface area contributed by atoms with E-state index in [0.717, 1.165) is 18.2 Å². The van der Waals surface area contributed by atoms with Crippen LogP contribution in [0.15, 0.2) is 18.2 Å². The van der Waals surface area contributed by atoms with Crippen molar-refractivity contribution in [1.29, 1.82) is 0 Å². The molecule has 0 spiro atoms. The number of nitrogens with one attached hydrogen (secondary N) is 2. The van der Waals surface area contributed by atoms with Gasteiger partial charge in [-0.3, -0.25) is 0 Å². The molecule has 6 heteroatoms. The van der Waals surface area contributed by atoms with Crippen LogP contribution >= 0.6 is 0 Å². The van der Waals surface area contributed by atoms with Crippen LogP contribution in [0.3, 0.4) is 0 Å². The molecule has 1 aromatic carbocycles. The number of amides is 2. The van der Waals surface area contributed by atoms with Crippen molar-refractivity contribution in [2.24, 2.45) is 0 Å². The first-order valence-electron chi connectivity index (χ1n) is 6.01. The van der Waals surface area contributed by atoms with Crippen LogP contribution < -0.4 is 10.6 Å². The minimum atomic E-state index is -1.20. The van der Waals surface area contributed by atoms with Crippen LogP contribution in [0.5, 0.6) is 0 Å². The molecule has 1 unspecified atom stereocenters. The van der Waals surface area contributed by atoms with Crippen molar-refractivity contribution in [3.63, 3.8) is 0 Å². The van der Waals surface area contributed by atoms with Crippen LogP contribution in [0, 0.1) is 18.2 Å². The Kier molecular flexibility index (Phi) is 5.54. The molecular weight excluding hydrogens is 263 g/mol. The number of hydrogen-bond acceptors (Lipinski definition) is 2. The highest BCUT2D eigenvalue weighted by atomic mass is 19.1. The SMILES string of the molecule is C#CCC(CC)NC(=O)Nc1cc(C(=O)O)ccc1F. The van der Waals surface area contributed by atoms with Gasteiger partial charge < -0.3 is 15.7 Å². The lowest BCUT2D eigenvalue weighted by molar-refractivity contribution is 0.0697. The summed E-state index contributed by atoms with van der Waals surface area (Å²) in [6.45, 7) is 1.86.